The van der Waals surface area contributed by atoms with Crippen LogP contribution in [-0.4, -0.2) is 22.8 Å². The van der Waals surface area contributed by atoms with E-state index in [0.29, 0.717) is 24.7 Å². The van der Waals surface area contributed by atoms with Crippen LogP contribution in [0, 0.1) is 5.41 Å². The Balaban J connectivity index is 2.65. The lowest BCUT2D eigenvalue weighted by Gasteiger charge is -2.22. The molecule has 0 aliphatic rings. The molecule has 0 fully saturated rings. The Hall–Kier alpha value is -0.940. The van der Waals surface area contributed by atoms with E-state index in [1.807, 2.05) is 20.8 Å². The molecule has 0 radical (unpaired) electrons. The van der Waals surface area contributed by atoms with Gasteiger partial charge in [0.15, 0.2) is 0 Å². The summed E-state index contributed by atoms with van der Waals surface area (Å²) in [6.07, 6.45) is 1.52. The SMILES string of the molecule is CCOC(C)(C)c1noc(CC(N)CC(C)(C)C)n1. The van der Waals surface area contributed by atoms with Crippen LogP contribution in [0.1, 0.15) is 59.7 Å². The fourth-order valence-corrected chi connectivity index (χ4v) is 2.09. The molecular formula is C14H27N3O2. The van der Waals surface area contributed by atoms with Gasteiger partial charge in [0.05, 0.1) is 0 Å². The van der Waals surface area contributed by atoms with Crippen molar-refractivity contribution >= 4 is 0 Å². The fraction of sp³-hybridized carbons (Fsp3) is 0.857. The number of ether oxygens (including phenoxy) is 1. The average molecular weight is 269 g/mol. The molecule has 0 amide bonds. The molecule has 0 saturated carbocycles. The number of rotatable bonds is 6. The minimum atomic E-state index is -0.523. The first-order chi connectivity index (χ1) is 8.64. The van der Waals surface area contributed by atoms with E-state index in [0.717, 1.165) is 6.42 Å². The summed E-state index contributed by atoms with van der Waals surface area (Å²) >= 11 is 0. The van der Waals surface area contributed by atoms with Gasteiger partial charge >= 0.3 is 0 Å². The van der Waals surface area contributed by atoms with Crippen molar-refractivity contribution in [2.75, 3.05) is 6.61 Å². The number of nitrogens with two attached hydrogens (primary N) is 1. The second-order valence-corrected chi connectivity index (χ2v) is 6.68. The number of hydrogen-bond donors (Lipinski definition) is 1. The minimum absolute atomic E-state index is 0.0310. The van der Waals surface area contributed by atoms with Crippen LogP contribution >= 0.6 is 0 Å². The van der Waals surface area contributed by atoms with Crippen LogP contribution in [0.2, 0.25) is 0 Å². The molecule has 0 saturated heterocycles. The predicted molar refractivity (Wildman–Crippen MR) is 74.7 cm³/mol. The zero-order valence-corrected chi connectivity index (χ0v) is 13.0. The second-order valence-electron chi connectivity index (χ2n) is 6.68. The summed E-state index contributed by atoms with van der Waals surface area (Å²) in [5, 5.41) is 3.99. The van der Waals surface area contributed by atoms with Crippen LogP contribution < -0.4 is 5.73 Å². The quantitative estimate of drug-likeness (QED) is 0.859. The van der Waals surface area contributed by atoms with Crippen LogP contribution in [0.3, 0.4) is 0 Å². The molecule has 1 aromatic rings. The summed E-state index contributed by atoms with van der Waals surface area (Å²) < 4.78 is 10.9. The predicted octanol–water partition coefficient (Wildman–Crippen LogP) is 2.65. The maximum Gasteiger partial charge on any atom is 0.228 e. The molecule has 1 aromatic heterocycles. The van der Waals surface area contributed by atoms with E-state index in [1.165, 1.54) is 0 Å². The van der Waals surface area contributed by atoms with E-state index >= 15 is 0 Å². The van der Waals surface area contributed by atoms with E-state index in [2.05, 4.69) is 30.9 Å². The zero-order valence-electron chi connectivity index (χ0n) is 13.0. The van der Waals surface area contributed by atoms with Gasteiger partial charge in [0.1, 0.15) is 5.60 Å². The van der Waals surface area contributed by atoms with E-state index in [1.54, 1.807) is 0 Å². The standard InChI is InChI=1S/C14H27N3O2/c1-7-18-14(5,6)12-16-11(19-17-12)8-10(15)9-13(2,3)4/h10H,7-9,15H2,1-6H3. The highest BCUT2D eigenvalue weighted by Crippen LogP contribution is 2.23. The van der Waals surface area contributed by atoms with Crippen LogP contribution in [0.25, 0.3) is 0 Å². The van der Waals surface area contributed by atoms with Gasteiger partial charge in [-0.2, -0.15) is 4.98 Å². The van der Waals surface area contributed by atoms with Gasteiger partial charge in [-0.05, 0) is 32.6 Å². The lowest BCUT2D eigenvalue weighted by molar-refractivity contribution is -0.0221. The molecule has 0 aromatic carbocycles. The molecule has 5 nitrogen and oxygen atoms in total. The van der Waals surface area contributed by atoms with Crippen molar-refractivity contribution in [2.24, 2.45) is 11.1 Å². The van der Waals surface area contributed by atoms with Gasteiger partial charge in [0.2, 0.25) is 11.7 Å². The molecule has 0 aliphatic carbocycles. The van der Waals surface area contributed by atoms with Gasteiger partial charge in [-0.3, -0.25) is 0 Å². The molecule has 1 unspecified atom stereocenters. The molecule has 1 atom stereocenters. The highest BCUT2D eigenvalue weighted by molar-refractivity contribution is 4.98. The summed E-state index contributed by atoms with van der Waals surface area (Å²) in [6, 6.07) is 0.0310. The molecule has 1 rings (SSSR count). The lowest BCUT2D eigenvalue weighted by Crippen LogP contribution is -2.28. The maximum absolute atomic E-state index is 6.11. The van der Waals surface area contributed by atoms with Gasteiger partial charge in [0.25, 0.3) is 0 Å². The van der Waals surface area contributed by atoms with Crippen molar-refractivity contribution in [3.8, 4) is 0 Å². The van der Waals surface area contributed by atoms with E-state index in [4.69, 9.17) is 15.0 Å². The molecule has 0 bridgehead atoms. The third-order valence-electron chi connectivity index (χ3n) is 2.82. The van der Waals surface area contributed by atoms with Crippen molar-refractivity contribution in [1.29, 1.82) is 0 Å². The summed E-state index contributed by atoms with van der Waals surface area (Å²) in [6.45, 7) is 12.9. The van der Waals surface area contributed by atoms with Crippen molar-refractivity contribution in [2.45, 2.75) is 66.0 Å². The first-order valence-electron chi connectivity index (χ1n) is 6.86. The van der Waals surface area contributed by atoms with Crippen molar-refractivity contribution in [3.05, 3.63) is 11.7 Å². The van der Waals surface area contributed by atoms with Gasteiger partial charge < -0.3 is 15.0 Å². The molecule has 0 aliphatic heterocycles. The van der Waals surface area contributed by atoms with Crippen LogP contribution in [0.5, 0.6) is 0 Å². The number of aromatic nitrogens is 2. The molecule has 5 heteroatoms. The summed E-state index contributed by atoms with van der Waals surface area (Å²) in [5.41, 5.74) is 5.79. The van der Waals surface area contributed by atoms with Crippen molar-refractivity contribution < 1.29 is 9.26 Å². The van der Waals surface area contributed by atoms with E-state index < -0.39 is 5.60 Å². The average Bonchev–Trinajstić information content (AvgIpc) is 2.63. The van der Waals surface area contributed by atoms with Crippen molar-refractivity contribution in [3.63, 3.8) is 0 Å². The highest BCUT2D eigenvalue weighted by Gasteiger charge is 2.27. The summed E-state index contributed by atoms with van der Waals surface area (Å²) in [5.74, 6) is 1.16. The van der Waals surface area contributed by atoms with Crippen LogP contribution in [-0.2, 0) is 16.8 Å². The molecule has 1 heterocycles. The Labute approximate surface area is 115 Å². The third kappa shape index (κ3) is 5.28. The largest absolute Gasteiger partial charge is 0.368 e. The number of hydrogen-bond acceptors (Lipinski definition) is 5. The van der Waals surface area contributed by atoms with Crippen LogP contribution in [0.4, 0.5) is 0 Å². The molecule has 0 spiro atoms. The first kappa shape index (κ1) is 16.1. The smallest absolute Gasteiger partial charge is 0.228 e. The monoisotopic (exact) mass is 269 g/mol. The van der Waals surface area contributed by atoms with Crippen molar-refractivity contribution in [1.82, 2.24) is 10.1 Å². The number of nitrogens with zero attached hydrogens (tertiary/aromatic N) is 2. The fourth-order valence-electron chi connectivity index (χ4n) is 2.09. The molecule has 19 heavy (non-hydrogen) atoms. The van der Waals surface area contributed by atoms with Gasteiger partial charge in [-0.25, -0.2) is 0 Å². The Kier molecular flexibility index (Phi) is 5.10. The van der Waals surface area contributed by atoms with Crippen LogP contribution in [0.15, 0.2) is 4.52 Å². The summed E-state index contributed by atoms with van der Waals surface area (Å²) in [7, 11) is 0. The third-order valence-corrected chi connectivity index (χ3v) is 2.82. The highest BCUT2D eigenvalue weighted by atomic mass is 16.5. The Morgan fingerprint density at radius 2 is 1.89 bits per heavy atom. The van der Waals surface area contributed by atoms with E-state index in [9.17, 15) is 0 Å². The van der Waals surface area contributed by atoms with Gasteiger partial charge in [-0.15, -0.1) is 0 Å². The Bertz CT molecular complexity index is 394. The Morgan fingerprint density at radius 3 is 2.42 bits per heavy atom. The summed E-state index contributed by atoms with van der Waals surface area (Å²) in [4.78, 5) is 4.39. The normalized spacial score (nSPS) is 14.7. The molecule has 110 valence electrons. The first-order valence-corrected chi connectivity index (χ1v) is 6.86. The minimum Gasteiger partial charge on any atom is -0.368 e. The molecular weight excluding hydrogens is 242 g/mol. The zero-order chi connectivity index (χ0) is 14.7. The second kappa shape index (κ2) is 6.01. The maximum atomic E-state index is 6.11. The lowest BCUT2D eigenvalue weighted by atomic mass is 9.87. The van der Waals surface area contributed by atoms with Gasteiger partial charge in [-0.1, -0.05) is 25.9 Å². The molecule has 2 N–H and O–H groups in total. The Morgan fingerprint density at radius 1 is 1.26 bits per heavy atom. The topological polar surface area (TPSA) is 74.2 Å². The van der Waals surface area contributed by atoms with Gasteiger partial charge in [0, 0.05) is 19.1 Å². The van der Waals surface area contributed by atoms with E-state index in [-0.39, 0.29) is 11.5 Å².